The monoisotopic (exact) mass is 399 g/mol. The van der Waals surface area contributed by atoms with Crippen molar-refractivity contribution in [2.24, 2.45) is 12.0 Å². The summed E-state index contributed by atoms with van der Waals surface area (Å²) in [6.07, 6.45) is 2.35. The predicted octanol–water partition coefficient (Wildman–Crippen LogP) is 2.67. The van der Waals surface area contributed by atoms with Crippen LogP contribution in [0.1, 0.15) is 50.1 Å². The van der Waals surface area contributed by atoms with Gasteiger partial charge in [-0.2, -0.15) is 5.10 Å². The van der Waals surface area contributed by atoms with Crippen LogP contribution < -0.4 is 10.6 Å². The van der Waals surface area contributed by atoms with Gasteiger partial charge in [0.2, 0.25) is 5.91 Å². The summed E-state index contributed by atoms with van der Waals surface area (Å²) in [6.45, 7) is 10.1. The summed E-state index contributed by atoms with van der Waals surface area (Å²) in [4.78, 5) is 23.1. The van der Waals surface area contributed by atoms with Gasteiger partial charge in [-0.05, 0) is 31.9 Å². The Balaban J connectivity index is 1.97. The van der Waals surface area contributed by atoms with Crippen molar-refractivity contribution >= 4 is 17.7 Å². The Bertz CT molecular complexity index is 841. The summed E-state index contributed by atoms with van der Waals surface area (Å²) in [6, 6.07) is 5.55. The zero-order valence-corrected chi connectivity index (χ0v) is 18.4. The molecule has 0 bridgehead atoms. The van der Waals surface area contributed by atoms with Gasteiger partial charge in [0.05, 0.1) is 12.2 Å². The molecule has 2 aromatic rings. The molecule has 0 saturated heterocycles. The number of guanidine groups is 1. The Hall–Kier alpha value is -2.90. The molecule has 0 unspecified atom stereocenters. The lowest BCUT2D eigenvalue weighted by Crippen LogP contribution is -2.38. The number of aliphatic imine (C=N–C) groups is 1. The Kier molecular flexibility index (Phi) is 8.18. The van der Waals surface area contributed by atoms with E-state index in [-0.39, 0.29) is 5.91 Å². The van der Waals surface area contributed by atoms with Gasteiger partial charge in [-0.15, -0.1) is 0 Å². The van der Waals surface area contributed by atoms with Crippen molar-refractivity contribution in [3.63, 3.8) is 0 Å². The third kappa shape index (κ3) is 6.89. The molecule has 8 nitrogen and oxygen atoms in total. The fraction of sp³-hybridized carbons (Fsp3) is 0.524. The second kappa shape index (κ2) is 10.6. The second-order valence-electron chi connectivity index (χ2n) is 7.42. The molecule has 0 aliphatic rings. The minimum Gasteiger partial charge on any atom is -0.357 e. The molecule has 2 heterocycles. The average molecular weight is 400 g/mol. The molecule has 2 N–H and O–H groups in total. The topological polar surface area (TPSA) is 87.4 Å². The molecule has 0 aliphatic heterocycles. The largest absolute Gasteiger partial charge is 0.357 e. The van der Waals surface area contributed by atoms with Gasteiger partial charge in [0.15, 0.2) is 5.96 Å². The molecule has 0 aromatic carbocycles. The number of pyridine rings is 1. The van der Waals surface area contributed by atoms with E-state index in [0.29, 0.717) is 31.2 Å². The molecule has 2 aromatic heterocycles. The van der Waals surface area contributed by atoms with Crippen LogP contribution >= 0.6 is 0 Å². The first-order valence-electron chi connectivity index (χ1n) is 10.1. The smallest absolute Gasteiger partial charge is 0.227 e. The number of nitrogens with one attached hydrogen (secondary N) is 2. The molecule has 8 heteroatoms. The SMILES string of the molecule is CCNC(=NCCC(=O)Nc1cccc(C)n1)N(C)Cc1cn(C)nc1C(C)C. The van der Waals surface area contributed by atoms with E-state index < -0.39 is 0 Å². The molecular formula is C21H33N7O. The van der Waals surface area contributed by atoms with Crippen molar-refractivity contribution in [2.75, 3.05) is 25.5 Å². The number of amides is 1. The zero-order chi connectivity index (χ0) is 21.4. The van der Waals surface area contributed by atoms with E-state index in [1.54, 1.807) is 6.07 Å². The highest BCUT2D eigenvalue weighted by Gasteiger charge is 2.15. The van der Waals surface area contributed by atoms with Crippen molar-refractivity contribution in [3.05, 3.63) is 41.3 Å². The number of hydrogen-bond donors (Lipinski definition) is 2. The van der Waals surface area contributed by atoms with Crippen LogP contribution in [-0.2, 0) is 18.4 Å². The molecular weight excluding hydrogens is 366 g/mol. The summed E-state index contributed by atoms with van der Waals surface area (Å²) in [7, 11) is 3.94. The van der Waals surface area contributed by atoms with Crippen LogP contribution in [0.5, 0.6) is 0 Å². The Morgan fingerprint density at radius 2 is 2.10 bits per heavy atom. The second-order valence-corrected chi connectivity index (χ2v) is 7.42. The molecule has 0 saturated carbocycles. The van der Waals surface area contributed by atoms with Gasteiger partial charge in [0.25, 0.3) is 0 Å². The lowest BCUT2D eigenvalue weighted by Gasteiger charge is -2.22. The maximum atomic E-state index is 12.2. The third-order valence-electron chi connectivity index (χ3n) is 4.34. The van der Waals surface area contributed by atoms with E-state index >= 15 is 0 Å². The summed E-state index contributed by atoms with van der Waals surface area (Å²) in [5, 5.41) is 10.7. The predicted molar refractivity (Wildman–Crippen MR) is 117 cm³/mol. The van der Waals surface area contributed by atoms with E-state index in [1.807, 2.05) is 44.8 Å². The molecule has 2 rings (SSSR count). The van der Waals surface area contributed by atoms with Gasteiger partial charge >= 0.3 is 0 Å². The van der Waals surface area contributed by atoms with E-state index in [2.05, 4.69) is 50.7 Å². The van der Waals surface area contributed by atoms with Gasteiger partial charge < -0.3 is 15.5 Å². The van der Waals surface area contributed by atoms with Gasteiger partial charge in [-0.1, -0.05) is 19.9 Å². The highest BCUT2D eigenvalue weighted by atomic mass is 16.1. The lowest BCUT2D eigenvalue weighted by atomic mass is 10.1. The number of aryl methyl sites for hydroxylation is 2. The zero-order valence-electron chi connectivity index (χ0n) is 18.4. The summed E-state index contributed by atoms with van der Waals surface area (Å²) < 4.78 is 1.85. The number of carbonyl (C=O) groups is 1. The van der Waals surface area contributed by atoms with Gasteiger partial charge in [0, 0.05) is 51.1 Å². The van der Waals surface area contributed by atoms with Crippen LogP contribution in [0.15, 0.2) is 29.4 Å². The lowest BCUT2D eigenvalue weighted by molar-refractivity contribution is -0.116. The maximum Gasteiger partial charge on any atom is 0.227 e. The van der Waals surface area contributed by atoms with Gasteiger partial charge in [0.1, 0.15) is 5.82 Å². The van der Waals surface area contributed by atoms with Crippen molar-refractivity contribution < 1.29 is 4.79 Å². The number of aromatic nitrogens is 3. The van der Waals surface area contributed by atoms with Crippen LogP contribution in [0.2, 0.25) is 0 Å². The highest BCUT2D eigenvalue weighted by molar-refractivity contribution is 5.90. The first-order valence-corrected chi connectivity index (χ1v) is 10.1. The molecule has 1 amide bonds. The Morgan fingerprint density at radius 1 is 1.34 bits per heavy atom. The van der Waals surface area contributed by atoms with Crippen molar-refractivity contribution in [3.8, 4) is 0 Å². The summed E-state index contributed by atoms with van der Waals surface area (Å²) in [5.74, 6) is 1.60. The first-order chi connectivity index (χ1) is 13.8. The van der Waals surface area contributed by atoms with Crippen LogP contribution in [0.3, 0.4) is 0 Å². The number of carbonyl (C=O) groups excluding carboxylic acids is 1. The normalized spacial score (nSPS) is 11.6. The fourth-order valence-electron chi connectivity index (χ4n) is 3.04. The minimum absolute atomic E-state index is 0.0975. The fourth-order valence-corrected chi connectivity index (χ4v) is 3.04. The van der Waals surface area contributed by atoms with Gasteiger partial charge in [-0.3, -0.25) is 14.5 Å². The van der Waals surface area contributed by atoms with Crippen molar-refractivity contribution in [1.82, 2.24) is 25.0 Å². The third-order valence-corrected chi connectivity index (χ3v) is 4.34. The van der Waals surface area contributed by atoms with Crippen LogP contribution in [0.25, 0.3) is 0 Å². The standard InChI is InChI=1S/C21H33N7O/c1-7-22-21(27(5)13-17-14-28(6)26-20(17)15(2)3)23-12-11-19(29)25-18-10-8-9-16(4)24-18/h8-10,14-15H,7,11-13H2,1-6H3,(H,22,23)(H,24,25,29). The minimum atomic E-state index is -0.0975. The van der Waals surface area contributed by atoms with Crippen molar-refractivity contribution in [2.45, 2.75) is 46.6 Å². The molecule has 0 spiro atoms. The summed E-state index contributed by atoms with van der Waals surface area (Å²) in [5.41, 5.74) is 3.15. The number of hydrogen-bond acceptors (Lipinski definition) is 4. The Morgan fingerprint density at radius 3 is 2.76 bits per heavy atom. The molecule has 0 radical (unpaired) electrons. The van der Waals surface area contributed by atoms with Crippen LogP contribution in [0.4, 0.5) is 5.82 Å². The van der Waals surface area contributed by atoms with Gasteiger partial charge in [-0.25, -0.2) is 4.98 Å². The molecule has 0 aliphatic carbocycles. The average Bonchev–Trinajstić information content (AvgIpc) is 3.01. The molecule has 29 heavy (non-hydrogen) atoms. The first kappa shape index (κ1) is 22.4. The van der Waals surface area contributed by atoms with E-state index in [1.165, 1.54) is 5.56 Å². The number of rotatable bonds is 8. The molecule has 158 valence electrons. The van der Waals surface area contributed by atoms with Crippen LogP contribution in [0, 0.1) is 6.92 Å². The molecule has 0 atom stereocenters. The van der Waals surface area contributed by atoms with E-state index in [0.717, 1.165) is 23.9 Å². The van der Waals surface area contributed by atoms with Crippen molar-refractivity contribution in [1.29, 1.82) is 0 Å². The summed E-state index contributed by atoms with van der Waals surface area (Å²) >= 11 is 0. The van der Waals surface area contributed by atoms with E-state index in [9.17, 15) is 4.79 Å². The van der Waals surface area contributed by atoms with E-state index in [4.69, 9.17) is 0 Å². The maximum absolute atomic E-state index is 12.2. The number of anilines is 1. The quantitative estimate of drug-likeness (QED) is 0.526. The highest BCUT2D eigenvalue weighted by Crippen LogP contribution is 2.18. The van der Waals surface area contributed by atoms with Crippen LogP contribution in [-0.4, -0.2) is 51.7 Å². The molecule has 0 fully saturated rings. The Labute approximate surface area is 173 Å². The number of nitrogens with zero attached hydrogens (tertiary/aromatic N) is 5.